The first kappa shape index (κ1) is 15.3. The topological polar surface area (TPSA) is 55.9 Å². The molecular formula is C14H26N4O2. The summed E-state index contributed by atoms with van der Waals surface area (Å²) in [4.78, 5) is 30.1. The molecule has 1 atom stereocenters. The number of nitrogens with one attached hydrogen (secondary N) is 1. The van der Waals surface area contributed by atoms with E-state index in [-0.39, 0.29) is 17.9 Å². The van der Waals surface area contributed by atoms with E-state index in [2.05, 4.69) is 29.1 Å². The summed E-state index contributed by atoms with van der Waals surface area (Å²) in [5.41, 5.74) is 0. The number of amides is 2. The van der Waals surface area contributed by atoms with Gasteiger partial charge in [-0.25, -0.2) is 0 Å². The van der Waals surface area contributed by atoms with Crippen molar-refractivity contribution in [1.82, 2.24) is 20.0 Å². The van der Waals surface area contributed by atoms with E-state index < -0.39 is 0 Å². The second-order valence-electron chi connectivity index (χ2n) is 5.87. The molecule has 0 aliphatic carbocycles. The molecule has 0 aromatic heterocycles. The van der Waals surface area contributed by atoms with E-state index in [1.165, 1.54) is 0 Å². The lowest BCUT2D eigenvalue weighted by atomic mass is 10.2. The number of piperazine rings is 1. The van der Waals surface area contributed by atoms with Crippen LogP contribution in [0.2, 0.25) is 0 Å². The first-order valence-corrected chi connectivity index (χ1v) is 7.53. The molecule has 20 heavy (non-hydrogen) atoms. The number of rotatable bonds is 3. The Hall–Kier alpha value is -1.14. The van der Waals surface area contributed by atoms with Gasteiger partial charge in [-0.05, 0) is 14.0 Å². The predicted molar refractivity (Wildman–Crippen MR) is 77.4 cm³/mol. The van der Waals surface area contributed by atoms with E-state index in [0.29, 0.717) is 19.4 Å². The summed E-state index contributed by atoms with van der Waals surface area (Å²) in [6.45, 7) is 7.94. The van der Waals surface area contributed by atoms with Crippen LogP contribution in [0.5, 0.6) is 0 Å². The minimum atomic E-state index is 0.116. The second-order valence-corrected chi connectivity index (χ2v) is 5.87. The molecule has 0 saturated carbocycles. The van der Waals surface area contributed by atoms with Gasteiger partial charge in [-0.15, -0.1) is 0 Å². The average molecular weight is 282 g/mol. The molecule has 2 saturated heterocycles. The van der Waals surface area contributed by atoms with Gasteiger partial charge in [-0.1, -0.05) is 0 Å². The molecule has 0 spiro atoms. The number of carbonyl (C=O) groups is 2. The summed E-state index contributed by atoms with van der Waals surface area (Å²) >= 11 is 0. The van der Waals surface area contributed by atoms with Gasteiger partial charge in [-0.2, -0.15) is 0 Å². The van der Waals surface area contributed by atoms with Crippen LogP contribution in [0.25, 0.3) is 0 Å². The fourth-order valence-electron chi connectivity index (χ4n) is 2.81. The number of likely N-dealkylation sites (N-methyl/N-ethyl adjacent to an activating group) is 1. The number of hydrogen-bond acceptors (Lipinski definition) is 4. The van der Waals surface area contributed by atoms with Crippen molar-refractivity contribution in [1.29, 1.82) is 0 Å². The van der Waals surface area contributed by atoms with Crippen LogP contribution in [0.4, 0.5) is 0 Å². The molecule has 0 radical (unpaired) electrons. The fourth-order valence-corrected chi connectivity index (χ4v) is 2.81. The molecule has 6 heteroatoms. The van der Waals surface area contributed by atoms with Crippen LogP contribution >= 0.6 is 0 Å². The Morgan fingerprint density at radius 1 is 1.25 bits per heavy atom. The van der Waals surface area contributed by atoms with Gasteiger partial charge < -0.3 is 15.1 Å². The molecule has 2 aliphatic heterocycles. The van der Waals surface area contributed by atoms with Crippen molar-refractivity contribution in [2.75, 3.05) is 52.9 Å². The van der Waals surface area contributed by atoms with Crippen LogP contribution < -0.4 is 5.32 Å². The first-order chi connectivity index (χ1) is 9.56. The van der Waals surface area contributed by atoms with Crippen molar-refractivity contribution in [3.05, 3.63) is 0 Å². The molecule has 0 aromatic carbocycles. The van der Waals surface area contributed by atoms with Crippen LogP contribution in [0.3, 0.4) is 0 Å². The Morgan fingerprint density at radius 2 is 1.95 bits per heavy atom. The van der Waals surface area contributed by atoms with E-state index in [1.807, 2.05) is 4.90 Å². The quantitative estimate of drug-likeness (QED) is 0.748. The molecule has 2 fully saturated rings. The minimum absolute atomic E-state index is 0.116. The number of carbonyl (C=O) groups excluding carboxylic acids is 2. The maximum atomic E-state index is 12.2. The highest BCUT2D eigenvalue weighted by atomic mass is 16.2. The minimum Gasteiger partial charge on any atom is -0.355 e. The van der Waals surface area contributed by atoms with Gasteiger partial charge in [0.2, 0.25) is 11.8 Å². The van der Waals surface area contributed by atoms with Crippen molar-refractivity contribution in [2.24, 2.45) is 0 Å². The molecule has 114 valence electrons. The lowest BCUT2D eigenvalue weighted by Crippen LogP contribution is -2.48. The molecule has 1 unspecified atom stereocenters. The standard InChI is InChI=1S/C14H26N4O2/c1-12-11-13(19)15-4-6-17(12)5-3-14(20)18-9-7-16(2)8-10-18/h12H,3-11H2,1-2H3,(H,15,19). The third-order valence-electron chi connectivity index (χ3n) is 4.29. The third kappa shape index (κ3) is 4.18. The summed E-state index contributed by atoms with van der Waals surface area (Å²) in [7, 11) is 2.09. The van der Waals surface area contributed by atoms with Crippen molar-refractivity contribution in [3.8, 4) is 0 Å². The van der Waals surface area contributed by atoms with Crippen LogP contribution in [0.15, 0.2) is 0 Å². The zero-order valence-corrected chi connectivity index (χ0v) is 12.6. The van der Waals surface area contributed by atoms with Gasteiger partial charge in [0.1, 0.15) is 0 Å². The Morgan fingerprint density at radius 3 is 2.65 bits per heavy atom. The lowest BCUT2D eigenvalue weighted by Gasteiger charge is -2.33. The second kappa shape index (κ2) is 7.04. The molecule has 2 amide bonds. The highest BCUT2D eigenvalue weighted by Crippen LogP contribution is 2.09. The number of hydrogen-bond donors (Lipinski definition) is 1. The molecular weight excluding hydrogens is 256 g/mol. The van der Waals surface area contributed by atoms with Gasteiger partial charge in [-0.3, -0.25) is 14.5 Å². The van der Waals surface area contributed by atoms with Crippen molar-refractivity contribution >= 4 is 11.8 Å². The van der Waals surface area contributed by atoms with Crippen molar-refractivity contribution in [3.63, 3.8) is 0 Å². The smallest absolute Gasteiger partial charge is 0.223 e. The Bertz CT molecular complexity index is 353. The van der Waals surface area contributed by atoms with E-state index in [1.54, 1.807) is 0 Å². The van der Waals surface area contributed by atoms with Gasteiger partial charge >= 0.3 is 0 Å². The molecule has 2 rings (SSSR count). The molecule has 2 aliphatic rings. The third-order valence-corrected chi connectivity index (χ3v) is 4.29. The van der Waals surface area contributed by atoms with Crippen LogP contribution in [0, 0.1) is 0 Å². The predicted octanol–water partition coefficient (Wildman–Crippen LogP) is -0.639. The summed E-state index contributed by atoms with van der Waals surface area (Å²) < 4.78 is 0. The Balaban J connectivity index is 1.76. The normalized spacial score (nSPS) is 26.2. The maximum absolute atomic E-state index is 12.2. The van der Waals surface area contributed by atoms with Gasteiger partial charge in [0.05, 0.1) is 0 Å². The van der Waals surface area contributed by atoms with Gasteiger partial charge in [0, 0.05) is 64.7 Å². The number of nitrogens with zero attached hydrogens (tertiary/aromatic N) is 3. The summed E-state index contributed by atoms with van der Waals surface area (Å²) in [5.74, 6) is 0.360. The molecule has 1 N–H and O–H groups in total. The van der Waals surface area contributed by atoms with Crippen LogP contribution in [-0.4, -0.2) is 85.4 Å². The van der Waals surface area contributed by atoms with Crippen LogP contribution in [-0.2, 0) is 9.59 Å². The van der Waals surface area contributed by atoms with E-state index in [4.69, 9.17) is 0 Å². The zero-order chi connectivity index (χ0) is 14.5. The zero-order valence-electron chi connectivity index (χ0n) is 12.6. The van der Waals surface area contributed by atoms with E-state index >= 15 is 0 Å². The molecule has 0 aromatic rings. The monoisotopic (exact) mass is 282 g/mol. The Kier molecular flexibility index (Phi) is 5.37. The summed E-state index contributed by atoms with van der Waals surface area (Å²) in [6, 6.07) is 0.220. The van der Waals surface area contributed by atoms with Gasteiger partial charge in [0.15, 0.2) is 0 Å². The van der Waals surface area contributed by atoms with Crippen LogP contribution in [0.1, 0.15) is 19.8 Å². The molecule has 0 bridgehead atoms. The highest BCUT2D eigenvalue weighted by molar-refractivity contribution is 5.77. The lowest BCUT2D eigenvalue weighted by molar-refractivity contribution is -0.133. The largest absolute Gasteiger partial charge is 0.355 e. The highest BCUT2D eigenvalue weighted by Gasteiger charge is 2.23. The first-order valence-electron chi connectivity index (χ1n) is 7.53. The molecule has 2 heterocycles. The van der Waals surface area contributed by atoms with Crippen molar-refractivity contribution < 1.29 is 9.59 Å². The summed E-state index contributed by atoms with van der Waals surface area (Å²) in [6.07, 6.45) is 1.09. The van der Waals surface area contributed by atoms with E-state index in [0.717, 1.165) is 39.3 Å². The maximum Gasteiger partial charge on any atom is 0.223 e. The average Bonchev–Trinajstić information content (AvgIpc) is 2.57. The molecule has 6 nitrogen and oxygen atoms in total. The SMILES string of the molecule is CC1CC(=O)NCCN1CCC(=O)N1CCN(C)CC1. The summed E-state index contributed by atoms with van der Waals surface area (Å²) in [5, 5.41) is 2.88. The van der Waals surface area contributed by atoms with Gasteiger partial charge in [0.25, 0.3) is 0 Å². The Labute approximate surface area is 121 Å². The van der Waals surface area contributed by atoms with E-state index in [9.17, 15) is 9.59 Å². The van der Waals surface area contributed by atoms with Crippen molar-refractivity contribution in [2.45, 2.75) is 25.8 Å². The fraction of sp³-hybridized carbons (Fsp3) is 0.857.